The van der Waals surface area contributed by atoms with E-state index < -0.39 is 0 Å². The van der Waals surface area contributed by atoms with E-state index in [0.717, 1.165) is 10.8 Å². The minimum absolute atomic E-state index is 1.09. The van der Waals surface area contributed by atoms with Crippen molar-refractivity contribution in [3.05, 3.63) is 30.9 Å². The lowest BCUT2D eigenvalue weighted by atomic mass is 10.3. The van der Waals surface area contributed by atoms with E-state index in [1.807, 2.05) is 18.5 Å². The topological polar surface area (TPSA) is 28.7 Å². The van der Waals surface area contributed by atoms with E-state index in [-0.39, 0.29) is 0 Å². The summed E-state index contributed by atoms with van der Waals surface area (Å²) < 4.78 is 0. The number of rotatable bonds is 0. The molecule has 0 fully saturated rings. The summed E-state index contributed by atoms with van der Waals surface area (Å²) in [5.41, 5.74) is 0. The van der Waals surface area contributed by atoms with E-state index in [2.05, 4.69) is 16.2 Å². The quantitative estimate of drug-likeness (QED) is 0.554. The number of hydrogen-bond donors (Lipinski definition) is 1. The molecule has 2 aromatic rings. The maximum Gasteiger partial charge on any atom is 0.0706 e. The first-order valence-electron chi connectivity index (χ1n) is 2.75. The average Bonchev–Trinajstić information content (AvgIpc) is 2.33. The number of nitrogens with one attached hydrogen (secondary N) is 1. The Bertz CT molecular complexity index is 281. The van der Waals surface area contributed by atoms with Crippen molar-refractivity contribution in [3.8, 4) is 0 Å². The highest BCUT2D eigenvalue weighted by Crippen LogP contribution is 2.07. The molecule has 0 aliphatic rings. The van der Waals surface area contributed by atoms with Gasteiger partial charge in [-0.05, 0) is 6.07 Å². The lowest BCUT2D eigenvalue weighted by Gasteiger charge is -1.81. The fourth-order valence-corrected chi connectivity index (χ4v) is 0.827. The van der Waals surface area contributed by atoms with E-state index in [1.54, 1.807) is 6.20 Å². The predicted molar refractivity (Wildman–Crippen MR) is 34.9 cm³/mol. The van der Waals surface area contributed by atoms with Gasteiger partial charge in [-0.25, -0.2) is 0 Å². The molecule has 1 N–H and O–H groups in total. The van der Waals surface area contributed by atoms with Crippen LogP contribution in [0.1, 0.15) is 0 Å². The van der Waals surface area contributed by atoms with Crippen LogP contribution in [0.3, 0.4) is 0 Å². The van der Waals surface area contributed by atoms with Crippen LogP contribution in [0.25, 0.3) is 10.8 Å². The van der Waals surface area contributed by atoms with E-state index in [4.69, 9.17) is 0 Å². The highest BCUT2D eigenvalue weighted by Gasteiger charge is 1.88. The Labute approximate surface area is 52.5 Å². The number of fused-ring (bicyclic) bond motifs is 1. The number of nitrogens with zero attached hydrogens (tertiary/aromatic N) is 1. The van der Waals surface area contributed by atoms with E-state index in [1.165, 1.54) is 0 Å². The zero-order chi connectivity index (χ0) is 6.10. The van der Waals surface area contributed by atoms with Gasteiger partial charge in [-0.2, -0.15) is 0 Å². The fourth-order valence-electron chi connectivity index (χ4n) is 0.827. The molecule has 2 rings (SSSR count). The minimum atomic E-state index is 1.09. The van der Waals surface area contributed by atoms with Gasteiger partial charge in [-0.15, -0.1) is 0 Å². The first-order valence-corrected chi connectivity index (χ1v) is 2.75. The van der Waals surface area contributed by atoms with Crippen LogP contribution in [0.15, 0.2) is 24.7 Å². The summed E-state index contributed by atoms with van der Waals surface area (Å²) in [4.78, 5) is 6.82. The number of aromatic nitrogens is 2. The summed E-state index contributed by atoms with van der Waals surface area (Å²) >= 11 is 0. The Morgan fingerprint density at radius 3 is 3.44 bits per heavy atom. The molecule has 0 aliphatic heterocycles. The third-order valence-electron chi connectivity index (χ3n) is 1.29. The van der Waals surface area contributed by atoms with Gasteiger partial charge in [0.1, 0.15) is 0 Å². The first kappa shape index (κ1) is 4.56. The van der Waals surface area contributed by atoms with Crippen LogP contribution in [0.2, 0.25) is 0 Å². The van der Waals surface area contributed by atoms with Gasteiger partial charge in [0, 0.05) is 29.4 Å². The largest absolute Gasteiger partial charge is 0.359 e. The number of aromatic amines is 1. The molecule has 2 heteroatoms. The predicted octanol–water partition coefficient (Wildman–Crippen LogP) is 1.36. The SMILES string of the molecule is [c]1[nH]cc2cnccc12. The number of pyridine rings is 1. The summed E-state index contributed by atoms with van der Waals surface area (Å²) in [5, 5.41) is 2.20. The zero-order valence-electron chi connectivity index (χ0n) is 4.76. The molecule has 43 valence electrons. The Morgan fingerprint density at radius 1 is 1.56 bits per heavy atom. The van der Waals surface area contributed by atoms with Gasteiger partial charge in [0.05, 0.1) is 6.20 Å². The maximum atomic E-state index is 3.95. The van der Waals surface area contributed by atoms with Crippen molar-refractivity contribution >= 4 is 10.8 Å². The van der Waals surface area contributed by atoms with Crippen molar-refractivity contribution in [1.29, 1.82) is 0 Å². The average molecular weight is 117 g/mol. The molecule has 0 saturated heterocycles. The van der Waals surface area contributed by atoms with Gasteiger partial charge in [-0.1, -0.05) is 0 Å². The van der Waals surface area contributed by atoms with Crippen molar-refractivity contribution in [2.24, 2.45) is 0 Å². The van der Waals surface area contributed by atoms with Crippen molar-refractivity contribution in [1.82, 2.24) is 9.97 Å². The van der Waals surface area contributed by atoms with Crippen LogP contribution in [-0.4, -0.2) is 9.97 Å². The van der Waals surface area contributed by atoms with Crippen LogP contribution in [-0.2, 0) is 0 Å². The Morgan fingerprint density at radius 2 is 2.56 bits per heavy atom. The molecule has 0 aromatic carbocycles. The normalized spacial score (nSPS) is 10.2. The van der Waals surface area contributed by atoms with Crippen molar-refractivity contribution < 1.29 is 0 Å². The minimum Gasteiger partial charge on any atom is -0.359 e. The molecule has 2 nitrogen and oxygen atoms in total. The first-order chi connectivity index (χ1) is 4.47. The Balaban J connectivity index is 2.95. The van der Waals surface area contributed by atoms with Gasteiger partial charge in [0.15, 0.2) is 0 Å². The van der Waals surface area contributed by atoms with Gasteiger partial charge in [0.25, 0.3) is 0 Å². The maximum absolute atomic E-state index is 3.95. The molecule has 0 spiro atoms. The second kappa shape index (κ2) is 1.58. The Kier molecular flexibility index (Phi) is 0.803. The van der Waals surface area contributed by atoms with Gasteiger partial charge < -0.3 is 4.98 Å². The summed E-state index contributed by atoms with van der Waals surface area (Å²) in [6, 6.07) is 1.92. The standard InChI is InChI=1S/C7H5N2/c1-2-8-4-7-5-9-3-6(1)7/h1-2,4-5,9H. The summed E-state index contributed by atoms with van der Waals surface area (Å²) in [7, 11) is 0. The van der Waals surface area contributed by atoms with Crippen molar-refractivity contribution in [2.75, 3.05) is 0 Å². The molecular weight excluding hydrogens is 112 g/mol. The summed E-state index contributed by atoms with van der Waals surface area (Å²) in [5.74, 6) is 0. The molecular formula is C7H5N2. The highest BCUT2D eigenvalue weighted by molar-refractivity contribution is 5.79. The summed E-state index contributed by atoms with van der Waals surface area (Å²) in [6.07, 6.45) is 8.40. The molecule has 0 unspecified atom stereocenters. The fraction of sp³-hybridized carbons (Fsp3) is 0. The third kappa shape index (κ3) is 0.598. The second-order valence-corrected chi connectivity index (χ2v) is 1.88. The van der Waals surface area contributed by atoms with E-state index in [0.29, 0.717) is 0 Å². The lowest BCUT2D eigenvalue weighted by molar-refractivity contribution is 1.37. The number of H-pyrrole nitrogens is 1. The molecule has 1 radical (unpaired) electrons. The Hall–Kier alpha value is -1.31. The third-order valence-corrected chi connectivity index (χ3v) is 1.29. The van der Waals surface area contributed by atoms with Crippen molar-refractivity contribution in [2.45, 2.75) is 0 Å². The van der Waals surface area contributed by atoms with Crippen LogP contribution in [0.4, 0.5) is 0 Å². The van der Waals surface area contributed by atoms with Gasteiger partial charge in [-0.3, -0.25) is 4.98 Å². The highest BCUT2D eigenvalue weighted by atomic mass is 14.7. The van der Waals surface area contributed by atoms with Crippen molar-refractivity contribution in [3.63, 3.8) is 0 Å². The number of hydrogen-bond acceptors (Lipinski definition) is 1. The molecule has 9 heavy (non-hydrogen) atoms. The summed E-state index contributed by atoms with van der Waals surface area (Å²) in [6.45, 7) is 0. The zero-order valence-corrected chi connectivity index (χ0v) is 4.76. The lowest BCUT2D eigenvalue weighted by Crippen LogP contribution is -1.65. The molecule has 2 heterocycles. The van der Waals surface area contributed by atoms with Crippen LogP contribution in [0, 0.1) is 6.20 Å². The van der Waals surface area contributed by atoms with E-state index in [9.17, 15) is 0 Å². The smallest absolute Gasteiger partial charge is 0.0706 e. The monoisotopic (exact) mass is 117 g/mol. The molecule has 0 bridgehead atoms. The molecule has 0 saturated carbocycles. The van der Waals surface area contributed by atoms with Gasteiger partial charge >= 0.3 is 0 Å². The molecule has 2 aromatic heterocycles. The molecule has 0 amide bonds. The van der Waals surface area contributed by atoms with Crippen LogP contribution in [0.5, 0.6) is 0 Å². The van der Waals surface area contributed by atoms with Gasteiger partial charge in [0.2, 0.25) is 0 Å². The van der Waals surface area contributed by atoms with E-state index >= 15 is 0 Å². The van der Waals surface area contributed by atoms with Crippen LogP contribution < -0.4 is 0 Å². The molecule has 0 atom stereocenters. The van der Waals surface area contributed by atoms with Crippen LogP contribution >= 0.6 is 0 Å². The second-order valence-electron chi connectivity index (χ2n) is 1.88. The molecule has 0 aliphatic carbocycles.